The molecular weight excluding hydrogens is 298 g/mol. The number of methoxy groups -OCH3 is 2. The van der Waals surface area contributed by atoms with Crippen molar-refractivity contribution in [2.24, 2.45) is 0 Å². The maximum absolute atomic E-state index is 12.6. The minimum atomic E-state index is -0.331. The highest BCUT2D eigenvalue weighted by Gasteiger charge is 2.17. The van der Waals surface area contributed by atoms with Gasteiger partial charge in [0, 0.05) is 31.9 Å². The number of amides is 1. The van der Waals surface area contributed by atoms with E-state index in [1.54, 1.807) is 36.3 Å². The van der Waals surface area contributed by atoms with Crippen LogP contribution in [-0.2, 0) is 14.3 Å². The van der Waals surface area contributed by atoms with Crippen molar-refractivity contribution in [2.75, 3.05) is 40.5 Å². The van der Waals surface area contributed by atoms with E-state index in [-0.39, 0.29) is 18.3 Å². The summed E-state index contributed by atoms with van der Waals surface area (Å²) in [7, 11) is 2.92. The molecule has 0 saturated carbocycles. The average molecular weight is 323 g/mol. The van der Waals surface area contributed by atoms with Gasteiger partial charge < -0.3 is 19.1 Å². The Bertz CT molecular complexity index is 486. The fraction of sp³-hybridized carbons (Fsp3) is 0.529. The lowest BCUT2D eigenvalue weighted by atomic mass is 10.1. The number of hydrogen-bond donors (Lipinski definition) is 0. The summed E-state index contributed by atoms with van der Waals surface area (Å²) in [5.41, 5.74) is 0.562. The third-order valence-electron chi connectivity index (χ3n) is 3.36. The van der Waals surface area contributed by atoms with Gasteiger partial charge in [-0.3, -0.25) is 9.59 Å². The number of nitrogens with zero attached hydrogens (tertiary/aromatic N) is 1. The number of carbonyl (C=O) groups excluding carboxylic acids is 2. The van der Waals surface area contributed by atoms with Crippen LogP contribution in [0.4, 0.5) is 0 Å². The van der Waals surface area contributed by atoms with Gasteiger partial charge in [0.05, 0.1) is 20.6 Å². The molecule has 0 bridgehead atoms. The number of rotatable bonds is 10. The topological polar surface area (TPSA) is 65.1 Å². The third kappa shape index (κ3) is 6.69. The van der Waals surface area contributed by atoms with E-state index in [0.717, 1.165) is 6.42 Å². The number of hydrogen-bond acceptors (Lipinski definition) is 5. The summed E-state index contributed by atoms with van der Waals surface area (Å²) >= 11 is 0. The molecule has 0 aliphatic carbocycles. The first-order valence-corrected chi connectivity index (χ1v) is 7.70. The van der Waals surface area contributed by atoms with Gasteiger partial charge in [-0.05, 0) is 37.6 Å². The predicted molar refractivity (Wildman–Crippen MR) is 86.6 cm³/mol. The van der Waals surface area contributed by atoms with Crippen LogP contribution in [0.2, 0.25) is 0 Å². The molecular formula is C17H25NO5. The van der Waals surface area contributed by atoms with Crippen LogP contribution in [0.25, 0.3) is 0 Å². The number of esters is 1. The molecule has 0 aromatic heterocycles. The smallest absolute Gasteiger partial charge is 0.307 e. The highest BCUT2D eigenvalue weighted by molar-refractivity contribution is 5.94. The number of benzene rings is 1. The molecule has 0 aliphatic rings. The van der Waals surface area contributed by atoms with Gasteiger partial charge in [0.2, 0.25) is 0 Å². The summed E-state index contributed by atoms with van der Waals surface area (Å²) in [5.74, 6) is 0.245. The first-order valence-electron chi connectivity index (χ1n) is 7.70. The van der Waals surface area contributed by atoms with Crippen LogP contribution < -0.4 is 4.74 Å². The zero-order valence-electron chi connectivity index (χ0n) is 14.0. The van der Waals surface area contributed by atoms with Gasteiger partial charge in [-0.2, -0.15) is 0 Å². The number of ether oxygens (including phenoxy) is 3. The summed E-state index contributed by atoms with van der Waals surface area (Å²) in [4.78, 5) is 25.6. The van der Waals surface area contributed by atoms with Gasteiger partial charge in [0.15, 0.2) is 0 Å². The molecule has 128 valence electrons. The molecule has 1 rings (SSSR count). The maximum Gasteiger partial charge on any atom is 0.307 e. The molecule has 6 heteroatoms. The van der Waals surface area contributed by atoms with Crippen LogP contribution in [0.5, 0.6) is 5.75 Å². The first kappa shape index (κ1) is 19.0. The molecule has 1 amide bonds. The maximum atomic E-state index is 12.6. The van der Waals surface area contributed by atoms with Gasteiger partial charge in [0.25, 0.3) is 5.91 Å². The molecule has 0 spiro atoms. The van der Waals surface area contributed by atoms with Gasteiger partial charge in [-0.25, -0.2) is 0 Å². The van der Waals surface area contributed by atoms with Crippen molar-refractivity contribution in [2.45, 2.75) is 19.8 Å². The fourth-order valence-corrected chi connectivity index (χ4v) is 2.06. The Balaban J connectivity index is 2.70. The van der Waals surface area contributed by atoms with E-state index < -0.39 is 0 Å². The highest BCUT2D eigenvalue weighted by atomic mass is 16.5. The van der Waals surface area contributed by atoms with Crippen molar-refractivity contribution in [3.05, 3.63) is 29.8 Å². The van der Waals surface area contributed by atoms with Crippen molar-refractivity contribution in [3.63, 3.8) is 0 Å². The van der Waals surface area contributed by atoms with Crippen molar-refractivity contribution in [1.82, 2.24) is 4.90 Å². The molecule has 0 radical (unpaired) electrons. The van der Waals surface area contributed by atoms with Crippen LogP contribution in [0, 0.1) is 0 Å². The molecule has 6 nitrogen and oxygen atoms in total. The van der Waals surface area contributed by atoms with Crippen LogP contribution >= 0.6 is 0 Å². The van der Waals surface area contributed by atoms with Gasteiger partial charge >= 0.3 is 5.97 Å². The Morgan fingerprint density at radius 2 is 1.78 bits per heavy atom. The highest BCUT2D eigenvalue weighted by Crippen LogP contribution is 2.13. The molecule has 0 atom stereocenters. The standard InChI is InChI=1S/C17H25NO5/c1-4-23-13-5-11-18(12-10-16(19)22-3)17(20)14-6-8-15(21-2)9-7-14/h6-9H,4-5,10-13H2,1-3H3. The largest absolute Gasteiger partial charge is 0.497 e. The van der Waals surface area contributed by atoms with Crippen molar-refractivity contribution >= 4 is 11.9 Å². The second-order valence-corrected chi connectivity index (χ2v) is 4.90. The van der Waals surface area contributed by atoms with E-state index in [9.17, 15) is 9.59 Å². The Hall–Kier alpha value is -2.08. The predicted octanol–water partition coefficient (Wildman–Crippen LogP) is 2.13. The molecule has 0 aliphatic heterocycles. The number of carbonyl (C=O) groups is 2. The summed E-state index contributed by atoms with van der Waals surface area (Å²) in [6.45, 7) is 4.01. The lowest BCUT2D eigenvalue weighted by Gasteiger charge is -2.22. The van der Waals surface area contributed by atoms with E-state index in [2.05, 4.69) is 4.74 Å². The second kappa shape index (κ2) is 10.6. The molecule has 0 N–H and O–H groups in total. The monoisotopic (exact) mass is 323 g/mol. The van der Waals surface area contributed by atoms with Crippen LogP contribution in [-0.4, -0.2) is 57.3 Å². The zero-order valence-corrected chi connectivity index (χ0v) is 14.0. The quantitative estimate of drug-likeness (QED) is 0.487. The van der Waals surface area contributed by atoms with E-state index in [0.29, 0.717) is 37.6 Å². The first-order chi connectivity index (χ1) is 11.1. The van der Waals surface area contributed by atoms with E-state index >= 15 is 0 Å². The molecule has 0 heterocycles. The normalized spacial score (nSPS) is 10.2. The Labute approximate surface area is 137 Å². The van der Waals surface area contributed by atoms with E-state index in [1.807, 2.05) is 6.92 Å². The molecule has 0 unspecified atom stereocenters. The Morgan fingerprint density at radius 1 is 1.09 bits per heavy atom. The zero-order chi connectivity index (χ0) is 17.1. The van der Waals surface area contributed by atoms with Crippen molar-refractivity contribution in [3.8, 4) is 5.75 Å². The third-order valence-corrected chi connectivity index (χ3v) is 3.36. The van der Waals surface area contributed by atoms with E-state index in [4.69, 9.17) is 9.47 Å². The Morgan fingerprint density at radius 3 is 2.35 bits per heavy atom. The minimum Gasteiger partial charge on any atom is -0.497 e. The minimum absolute atomic E-state index is 0.118. The van der Waals surface area contributed by atoms with Gasteiger partial charge in [-0.1, -0.05) is 0 Å². The van der Waals surface area contributed by atoms with Gasteiger partial charge in [0.1, 0.15) is 5.75 Å². The van der Waals surface area contributed by atoms with Crippen LogP contribution in [0.3, 0.4) is 0 Å². The summed E-state index contributed by atoms with van der Waals surface area (Å²) in [5, 5.41) is 0. The van der Waals surface area contributed by atoms with Crippen molar-refractivity contribution < 1.29 is 23.8 Å². The lowest BCUT2D eigenvalue weighted by molar-refractivity contribution is -0.140. The summed E-state index contributed by atoms with van der Waals surface area (Å²) in [6, 6.07) is 6.92. The van der Waals surface area contributed by atoms with Gasteiger partial charge in [-0.15, -0.1) is 0 Å². The molecule has 0 saturated heterocycles. The van der Waals surface area contributed by atoms with Crippen LogP contribution in [0.1, 0.15) is 30.1 Å². The average Bonchev–Trinajstić information content (AvgIpc) is 2.60. The lowest BCUT2D eigenvalue weighted by Crippen LogP contribution is -2.34. The summed E-state index contributed by atoms with van der Waals surface area (Å²) < 4.78 is 15.0. The molecule has 1 aromatic carbocycles. The van der Waals surface area contributed by atoms with Crippen LogP contribution in [0.15, 0.2) is 24.3 Å². The van der Waals surface area contributed by atoms with Crippen molar-refractivity contribution in [1.29, 1.82) is 0 Å². The fourth-order valence-electron chi connectivity index (χ4n) is 2.06. The summed E-state index contributed by atoms with van der Waals surface area (Å²) in [6.07, 6.45) is 0.893. The van der Waals surface area contributed by atoms with E-state index in [1.165, 1.54) is 7.11 Å². The molecule has 23 heavy (non-hydrogen) atoms. The SMILES string of the molecule is CCOCCCN(CCC(=O)OC)C(=O)c1ccc(OC)cc1. The molecule has 0 fully saturated rings. The molecule has 1 aromatic rings. The Kier molecular flexibility index (Phi) is 8.75. The second-order valence-electron chi connectivity index (χ2n) is 4.90.